The molecule has 1 aromatic heterocycles. The molecule has 110 valence electrons. The van der Waals surface area contributed by atoms with Crippen LogP contribution in [0.25, 0.3) is 0 Å². The molecule has 0 aliphatic heterocycles. The van der Waals surface area contributed by atoms with Crippen LogP contribution in [0.3, 0.4) is 0 Å². The topological polar surface area (TPSA) is 53.4 Å². The standard InChI is InChI=1S/C17H20N2O2/c1-14-5-7-15(8-6-14)12-19(11-9-17(20)21)13-16-4-2-3-10-18-16/h2-8,10H,9,11-13H2,1H3,(H,20,21). The highest BCUT2D eigenvalue weighted by molar-refractivity contribution is 5.66. The molecule has 0 atom stereocenters. The van der Waals surface area contributed by atoms with E-state index >= 15 is 0 Å². The number of pyridine rings is 1. The van der Waals surface area contributed by atoms with E-state index in [0.29, 0.717) is 13.1 Å². The van der Waals surface area contributed by atoms with Crippen molar-refractivity contribution >= 4 is 5.97 Å². The molecule has 0 radical (unpaired) electrons. The van der Waals surface area contributed by atoms with Crippen LogP contribution >= 0.6 is 0 Å². The minimum atomic E-state index is -0.773. The quantitative estimate of drug-likeness (QED) is 0.849. The van der Waals surface area contributed by atoms with Crippen LogP contribution in [0.2, 0.25) is 0 Å². The van der Waals surface area contributed by atoms with E-state index in [4.69, 9.17) is 5.11 Å². The molecule has 1 N–H and O–H groups in total. The number of aliphatic carboxylic acids is 1. The number of hydrogen-bond acceptors (Lipinski definition) is 3. The first-order valence-electron chi connectivity index (χ1n) is 7.03. The minimum Gasteiger partial charge on any atom is -0.481 e. The lowest BCUT2D eigenvalue weighted by atomic mass is 10.1. The normalized spacial score (nSPS) is 10.8. The number of carboxylic acids is 1. The van der Waals surface area contributed by atoms with Crippen molar-refractivity contribution in [3.05, 3.63) is 65.5 Å². The summed E-state index contributed by atoms with van der Waals surface area (Å²) in [6, 6.07) is 14.1. The first kappa shape index (κ1) is 15.2. The molecule has 0 amide bonds. The Balaban J connectivity index is 2.04. The molecule has 21 heavy (non-hydrogen) atoms. The van der Waals surface area contributed by atoms with E-state index in [0.717, 1.165) is 12.2 Å². The Labute approximate surface area is 125 Å². The Morgan fingerprint density at radius 3 is 2.52 bits per heavy atom. The zero-order valence-electron chi connectivity index (χ0n) is 12.2. The fourth-order valence-corrected chi connectivity index (χ4v) is 2.14. The van der Waals surface area contributed by atoms with Crippen molar-refractivity contribution in [3.63, 3.8) is 0 Å². The maximum Gasteiger partial charge on any atom is 0.304 e. The van der Waals surface area contributed by atoms with Crippen LogP contribution in [0.4, 0.5) is 0 Å². The predicted molar refractivity (Wildman–Crippen MR) is 81.8 cm³/mol. The monoisotopic (exact) mass is 284 g/mol. The third-order valence-electron chi connectivity index (χ3n) is 3.28. The van der Waals surface area contributed by atoms with Gasteiger partial charge in [-0.3, -0.25) is 14.7 Å². The Hall–Kier alpha value is -2.20. The van der Waals surface area contributed by atoms with Crippen molar-refractivity contribution in [1.29, 1.82) is 0 Å². The molecule has 2 aromatic rings. The number of aromatic nitrogens is 1. The van der Waals surface area contributed by atoms with E-state index in [9.17, 15) is 4.79 Å². The molecule has 4 nitrogen and oxygen atoms in total. The van der Waals surface area contributed by atoms with Crippen LogP contribution < -0.4 is 0 Å². The van der Waals surface area contributed by atoms with E-state index in [-0.39, 0.29) is 6.42 Å². The van der Waals surface area contributed by atoms with E-state index < -0.39 is 5.97 Å². The highest BCUT2D eigenvalue weighted by Gasteiger charge is 2.10. The molecule has 0 aliphatic rings. The van der Waals surface area contributed by atoms with Gasteiger partial charge in [0.05, 0.1) is 12.1 Å². The van der Waals surface area contributed by atoms with E-state index in [2.05, 4.69) is 41.1 Å². The summed E-state index contributed by atoms with van der Waals surface area (Å²) < 4.78 is 0. The largest absolute Gasteiger partial charge is 0.481 e. The van der Waals surface area contributed by atoms with Gasteiger partial charge < -0.3 is 5.11 Å². The fraction of sp³-hybridized carbons (Fsp3) is 0.294. The van der Waals surface area contributed by atoms with Crippen LogP contribution in [-0.2, 0) is 17.9 Å². The Morgan fingerprint density at radius 2 is 1.90 bits per heavy atom. The molecule has 0 bridgehead atoms. The molecular weight excluding hydrogens is 264 g/mol. The number of aryl methyl sites for hydroxylation is 1. The number of benzene rings is 1. The van der Waals surface area contributed by atoms with Crippen molar-refractivity contribution in [2.45, 2.75) is 26.4 Å². The summed E-state index contributed by atoms with van der Waals surface area (Å²) in [6.07, 6.45) is 1.90. The summed E-state index contributed by atoms with van der Waals surface area (Å²) in [5.74, 6) is -0.773. The maximum absolute atomic E-state index is 10.8. The van der Waals surface area contributed by atoms with E-state index in [1.165, 1.54) is 11.1 Å². The first-order valence-corrected chi connectivity index (χ1v) is 7.03. The number of carboxylic acid groups (broad SMARTS) is 1. The Morgan fingerprint density at radius 1 is 1.14 bits per heavy atom. The molecule has 0 saturated carbocycles. The lowest BCUT2D eigenvalue weighted by molar-refractivity contribution is -0.137. The van der Waals surface area contributed by atoms with Crippen LogP contribution in [-0.4, -0.2) is 27.5 Å². The Bertz CT molecular complexity index is 567. The maximum atomic E-state index is 10.8. The molecule has 0 spiro atoms. The van der Waals surface area contributed by atoms with E-state index in [1.807, 2.05) is 18.2 Å². The second-order valence-corrected chi connectivity index (χ2v) is 5.16. The number of nitrogens with zero attached hydrogens (tertiary/aromatic N) is 2. The average Bonchev–Trinajstić information content (AvgIpc) is 2.48. The SMILES string of the molecule is Cc1ccc(CN(CCC(=O)O)Cc2ccccn2)cc1. The van der Waals surface area contributed by atoms with Gasteiger partial charge in [-0.25, -0.2) is 0 Å². The van der Waals surface area contributed by atoms with Crippen molar-refractivity contribution < 1.29 is 9.90 Å². The molecule has 1 aromatic carbocycles. The smallest absolute Gasteiger partial charge is 0.304 e. The first-order chi connectivity index (χ1) is 10.1. The summed E-state index contributed by atoms with van der Waals surface area (Å²) in [5, 5.41) is 8.89. The van der Waals surface area contributed by atoms with Crippen molar-refractivity contribution in [3.8, 4) is 0 Å². The van der Waals surface area contributed by atoms with Gasteiger partial charge in [0, 0.05) is 25.8 Å². The van der Waals surface area contributed by atoms with Gasteiger partial charge in [0.2, 0.25) is 0 Å². The third-order valence-corrected chi connectivity index (χ3v) is 3.28. The molecule has 1 heterocycles. The summed E-state index contributed by atoms with van der Waals surface area (Å²) in [4.78, 5) is 17.2. The third kappa shape index (κ3) is 5.36. The van der Waals surface area contributed by atoms with Gasteiger partial charge in [-0.15, -0.1) is 0 Å². The summed E-state index contributed by atoms with van der Waals surface area (Å²) in [7, 11) is 0. The lowest BCUT2D eigenvalue weighted by Crippen LogP contribution is -2.26. The highest BCUT2D eigenvalue weighted by Crippen LogP contribution is 2.10. The molecule has 0 saturated heterocycles. The summed E-state index contributed by atoms with van der Waals surface area (Å²) in [6.45, 7) is 3.95. The lowest BCUT2D eigenvalue weighted by Gasteiger charge is -2.21. The van der Waals surface area contributed by atoms with Gasteiger partial charge in [-0.05, 0) is 24.6 Å². The van der Waals surface area contributed by atoms with Crippen molar-refractivity contribution in [2.24, 2.45) is 0 Å². The van der Waals surface area contributed by atoms with Crippen molar-refractivity contribution in [1.82, 2.24) is 9.88 Å². The van der Waals surface area contributed by atoms with E-state index in [1.54, 1.807) is 6.20 Å². The minimum absolute atomic E-state index is 0.138. The second-order valence-electron chi connectivity index (χ2n) is 5.16. The second kappa shape index (κ2) is 7.55. The average molecular weight is 284 g/mol. The number of carbonyl (C=O) groups is 1. The zero-order valence-corrected chi connectivity index (χ0v) is 12.2. The van der Waals surface area contributed by atoms with Gasteiger partial charge in [0.15, 0.2) is 0 Å². The number of hydrogen-bond donors (Lipinski definition) is 1. The highest BCUT2D eigenvalue weighted by atomic mass is 16.4. The summed E-state index contributed by atoms with van der Waals surface area (Å²) >= 11 is 0. The Kier molecular flexibility index (Phi) is 5.46. The summed E-state index contributed by atoms with van der Waals surface area (Å²) in [5.41, 5.74) is 3.36. The van der Waals surface area contributed by atoms with Gasteiger partial charge in [-0.2, -0.15) is 0 Å². The van der Waals surface area contributed by atoms with Gasteiger partial charge in [0.25, 0.3) is 0 Å². The van der Waals surface area contributed by atoms with Gasteiger partial charge in [0.1, 0.15) is 0 Å². The molecular formula is C17H20N2O2. The van der Waals surface area contributed by atoms with Gasteiger partial charge in [-0.1, -0.05) is 35.9 Å². The zero-order chi connectivity index (χ0) is 15.1. The van der Waals surface area contributed by atoms with Crippen LogP contribution in [0, 0.1) is 6.92 Å². The van der Waals surface area contributed by atoms with Gasteiger partial charge >= 0.3 is 5.97 Å². The van der Waals surface area contributed by atoms with Crippen LogP contribution in [0.5, 0.6) is 0 Å². The van der Waals surface area contributed by atoms with Crippen LogP contribution in [0.1, 0.15) is 23.2 Å². The molecule has 0 aliphatic carbocycles. The fourth-order valence-electron chi connectivity index (χ4n) is 2.14. The number of rotatable bonds is 7. The molecule has 0 fully saturated rings. The molecule has 0 unspecified atom stereocenters. The van der Waals surface area contributed by atoms with Crippen LogP contribution in [0.15, 0.2) is 48.7 Å². The molecule has 2 rings (SSSR count). The predicted octanol–water partition coefficient (Wildman–Crippen LogP) is 2.87. The van der Waals surface area contributed by atoms with Crippen molar-refractivity contribution in [2.75, 3.05) is 6.54 Å². The molecule has 4 heteroatoms.